The fourth-order valence-corrected chi connectivity index (χ4v) is 3.75. The molecule has 1 saturated heterocycles. The van der Waals surface area contributed by atoms with Crippen molar-refractivity contribution >= 4 is 29.5 Å². The van der Waals surface area contributed by atoms with Crippen molar-refractivity contribution in [3.8, 4) is 10.7 Å². The zero-order valence-corrected chi connectivity index (χ0v) is 16.9. The summed E-state index contributed by atoms with van der Waals surface area (Å²) >= 11 is 7.03. The molecule has 1 fully saturated rings. The van der Waals surface area contributed by atoms with Crippen LogP contribution in [-0.4, -0.2) is 69.2 Å². The van der Waals surface area contributed by atoms with Crippen LogP contribution in [0.3, 0.4) is 0 Å². The highest BCUT2D eigenvalue weighted by Gasteiger charge is 2.20. The maximum absolute atomic E-state index is 12.0. The number of hydrogen-bond donors (Lipinski definition) is 2. The predicted molar refractivity (Wildman–Crippen MR) is 107 cm³/mol. The fourth-order valence-electron chi connectivity index (χ4n) is 2.89. The monoisotopic (exact) mass is 394 g/mol. The van der Waals surface area contributed by atoms with Gasteiger partial charge in [-0.3, -0.25) is 19.7 Å². The lowest BCUT2D eigenvalue weighted by molar-refractivity contribution is -0.123. The SMILES string of the molecule is CCC(C)NC(=O)CN1CCN(Cn2[nH]c(-c3cccs3)nc2=S)CC1. The molecule has 3 heterocycles. The molecule has 0 aromatic carbocycles. The van der Waals surface area contributed by atoms with Gasteiger partial charge in [-0.2, -0.15) is 4.98 Å². The topological polar surface area (TPSA) is 69.2 Å². The van der Waals surface area contributed by atoms with Crippen molar-refractivity contribution in [2.75, 3.05) is 32.7 Å². The Balaban J connectivity index is 1.49. The highest BCUT2D eigenvalue weighted by molar-refractivity contribution is 7.71. The molecule has 3 rings (SSSR count). The third-order valence-corrected chi connectivity index (χ3v) is 5.82. The second-order valence-corrected chi connectivity index (χ2v) is 7.99. The lowest BCUT2D eigenvalue weighted by Gasteiger charge is -2.34. The lowest BCUT2D eigenvalue weighted by Crippen LogP contribution is -2.50. The van der Waals surface area contributed by atoms with Gasteiger partial charge in [0.1, 0.15) is 0 Å². The lowest BCUT2D eigenvalue weighted by atomic mass is 10.2. The predicted octanol–water partition coefficient (Wildman–Crippen LogP) is 2.16. The Morgan fingerprint density at radius 3 is 2.77 bits per heavy atom. The number of amides is 1. The molecule has 0 aliphatic carbocycles. The van der Waals surface area contributed by atoms with E-state index < -0.39 is 0 Å². The number of nitrogens with zero attached hydrogens (tertiary/aromatic N) is 4. The van der Waals surface area contributed by atoms with Crippen molar-refractivity contribution in [2.24, 2.45) is 0 Å². The number of rotatable bonds is 7. The minimum absolute atomic E-state index is 0.115. The first kappa shape index (κ1) is 19.2. The summed E-state index contributed by atoms with van der Waals surface area (Å²) in [4.78, 5) is 22.1. The molecule has 142 valence electrons. The van der Waals surface area contributed by atoms with Gasteiger partial charge in [-0.15, -0.1) is 11.3 Å². The van der Waals surface area contributed by atoms with Gasteiger partial charge in [-0.25, -0.2) is 4.68 Å². The Kier molecular flexibility index (Phi) is 6.58. The highest BCUT2D eigenvalue weighted by Crippen LogP contribution is 2.20. The van der Waals surface area contributed by atoms with Crippen LogP contribution in [0.15, 0.2) is 17.5 Å². The zero-order valence-electron chi connectivity index (χ0n) is 15.3. The summed E-state index contributed by atoms with van der Waals surface area (Å²) in [6.07, 6.45) is 0.956. The van der Waals surface area contributed by atoms with E-state index in [4.69, 9.17) is 12.2 Å². The van der Waals surface area contributed by atoms with Crippen LogP contribution in [0.4, 0.5) is 0 Å². The van der Waals surface area contributed by atoms with E-state index >= 15 is 0 Å². The van der Waals surface area contributed by atoms with Gasteiger partial charge in [0.25, 0.3) is 0 Å². The molecule has 1 unspecified atom stereocenters. The zero-order chi connectivity index (χ0) is 18.5. The quantitative estimate of drug-likeness (QED) is 0.705. The van der Waals surface area contributed by atoms with Gasteiger partial charge in [-0.1, -0.05) is 13.0 Å². The molecule has 1 aliphatic rings. The van der Waals surface area contributed by atoms with Crippen molar-refractivity contribution in [1.82, 2.24) is 29.9 Å². The maximum Gasteiger partial charge on any atom is 0.234 e. The van der Waals surface area contributed by atoms with Gasteiger partial charge in [-0.05, 0) is 37.0 Å². The van der Waals surface area contributed by atoms with E-state index in [1.165, 1.54) is 0 Å². The number of nitrogens with one attached hydrogen (secondary N) is 2. The Morgan fingerprint density at radius 1 is 1.38 bits per heavy atom. The molecular weight excluding hydrogens is 368 g/mol. The third-order valence-electron chi connectivity index (χ3n) is 4.63. The van der Waals surface area contributed by atoms with Crippen LogP contribution < -0.4 is 5.32 Å². The van der Waals surface area contributed by atoms with Crippen molar-refractivity contribution < 1.29 is 4.79 Å². The Bertz CT molecular complexity index is 761. The van der Waals surface area contributed by atoms with Crippen LogP contribution in [0.1, 0.15) is 20.3 Å². The summed E-state index contributed by atoms with van der Waals surface area (Å²) in [6, 6.07) is 4.28. The molecule has 1 aliphatic heterocycles. The average Bonchev–Trinajstić information content (AvgIpc) is 3.27. The molecule has 2 aromatic rings. The van der Waals surface area contributed by atoms with Crippen LogP contribution >= 0.6 is 23.6 Å². The number of piperazine rings is 1. The van der Waals surface area contributed by atoms with Crippen molar-refractivity contribution in [2.45, 2.75) is 33.0 Å². The Hall–Kier alpha value is -1.55. The number of aromatic amines is 1. The maximum atomic E-state index is 12.0. The van der Waals surface area contributed by atoms with Gasteiger partial charge >= 0.3 is 0 Å². The minimum Gasteiger partial charge on any atom is -0.353 e. The molecule has 7 nitrogen and oxygen atoms in total. The smallest absolute Gasteiger partial charge is 0.234 e. The van der Waals surface area contributed by atoms with Gasteiger partial charge < -0.3 is 5.32 Å². The van der Waals surface area contributed by atoms with E-state index in [9.17, 15) is 4.79 Å². The first-order valence-electron chi connectivity index (χ1n) is 9.00. The Morgan fingerprint density at radius 2 is 2.12 bits per heavy atom. The molecule has 26 heavy (non-hydrogen) atoms. The molecular formula is C17H26N6OS2. The van der Waals surface area contributed by atoms with Crippen LogP contribution in [-0.2, 0) is 11.5 Å². The van der Waals surface area contributed by atoms with Crippen molar-refractivity contribution in [1.29, 1.82) is 0 Å². The van der Waals surface area contributed by atoms with E-state index in [0.717, 1.165) is 43.3 Å². The van der Waals surface area contributed by atoms with Crippen LogP contribution in [0.2, 0.25) is 0 Å². The molecule has 0 bridgehead atoms. The van der Waals surface area contributed by atoms with Gasteiger partial charge in [0.05, 0.1) is 18.1 Å². The summed E-state index contributed by atoms with van der Waals surface area (Å²) in [7, 11) is 0. The third kappa shape index (κ3) is 5.00. The molecule has 1 atom stereocenters. The second-order valence-electron chi connectivity index (χ2n) is 6.67. The number of carbonyl (C=O) groups is 1. The van der Waals surface area contributed by atoms with Gasteiger partial charge in [0.15, 0.2) is 5.82 Å². The van der Waals surface area contributed by atoms with E-state index in [2.05, 4.69) is 32.1 Å². The molecule has 2 aromatic heterocycles. The summed E-state index contributed by atoms with van der Waals surface area (Å²) in [5.74, 6) is 0.939. The molecule has 0 spiro atoms. The second kappa shape index (κ2) is 8.90. The fraction of sp³-hybridized carbons (Fsp3) is 0.588. The molecule has 1 amide bonds. The van der Waals surface area contributed by atoms with Gasteiger partial charge in [0, 0.05) is 32.2 Å². The van der Waals surface area contributed by atoms with E-state index in [-0.39, 0.29) is 11.9 Å². The summed E-state index contributed by atoms with van der Waals surface area (Å²) in [5, 5.41) is 8.35. The van der Waals surface area contributed by atoms with E-state index in [1.807, 2.05) is 29.1 Å². The first-order valence-corrected chi connectivity index (χ1v) is 10.3. The van der Waals surface area contributed by atoms with E-state index in [0.29, 0.717) is 18.0 Å². The number of aromatic nitrogens is 3. The number of thiophene rings is 1. The normalized spacial score (nSPS) is 17.3. The van der Waals surface area contributed by atoms with Crippen LogP contribution in [0, 0.1) is 4.77 Å². The van der Waals surface area contributed by atoms with Crippen LogP contribution in [0.25, 0.3) is 10.7 Å². The summed E-state index contributed by atoms with van der Waals surface area (Å²) < 4.78 is 2.49. The number of carbonyl (C=O) groups excluding carboxylic acids is 1. The average molecular weight is 395 g/mol. The first-order chi connectivity index (χ1) is 12.5. The highest BCUT2D eigenvalue weighted by atomic mass is 32.1. The van der Waals surface area contributed by atoms with Crippen molar-refractivity contribution in [3.05, 3.63) is 22.3 Å². The molecule has 0 saturated carbocycles. The largest absolute Gasteiger partial charge is 0.353 e. The molecule has 9 heteroatoms. The summed E-state index contributed by atoms with van der Waals surface area (Å²) in [5.41, 5.74) is 0. The molecule has 0 radical (unpaired) electrons. The summed E-state index contributed by atoms with van der Waals surface area (Å²) in [6.45, 7) is 8.87. The minimum atomic E-state index is 0.115. The van der Waals surface area contributed by atoms with E-state index in [1.54, 1.807) is 11.3 Å². The number of hydrogen-bond acceptors (Lipinski definition) is 6. The number of H-pyrrole nitrogens is 1. The van der Waals surface area contributed by atoms with Crippen molar-refractivity contribution in [3.63, 3.8) is 0 Å². The standard InChI is InChI=1S/C17H26N6OS2/c1-3-13(2)18-15(24)11-21-6-8-22(9-7-21)12-23-17(25)19-16(20-23)14-5-4-10-26-14/h4-5,10,13H,3,6-9,11-12H2,1-2H3,(H,18,24)(H,19,20,25). The Labute approximate surface area is 163 Å². The van der Waals surface area contributed by atoms with Crippen LogP contribution in [0.5, 0.6) is 0 Å². The molecule has 2 N–H and O–H groups in total. The van der Waals surface area contributed by atoms with Gasteiger partial charge in [0.2, 0.25) is 10.7 Å².